The van der Waals surface area contributed by atoms with Gasteiger partial charge in [0.05, 0.1) is 18.7 Å². The van der Waals surface area contributed by atoms with E-state index in [1.54, 1.807) is 44.2 Å². The van der Waals surface area contributed by atoms with Crippen molar-refractivity contribution in [2.24, 2.45) is 0 Å². The Kier molecular flexibility index (Phi) is 6.39. The van der Waals surface area contributed by atoms with Gasteiger partial charge in [-0.25, -0.2) is 9.59 Å². The van der Waals surface area contributed by atoms with Crippen molar-refractivity contribution in [2.75, 3.05) is 13.2 Å². The molecule has 2 aromatic heterocycles. The molecule has 0 aliphatic heterocycles. The minimum absolute atomic E-state index is 0.0143. The summed E-state index contributed by atoms with van der Waals surface area (Å²) in [4.78, 5) is 38.9. The summed E-state index contributed by atoms with van der Waals surface area (Å²) in [5.74, 6) is -1.95. The van der Waals surface area contributed by atoms with Crippen molar-refractivity contribution in [3.63, 3.8) is 0 Å². The van der Waals surface area contributed by atoms with Crippen LogP contribution in [0, 0.1) is 0 Å². The number of fused-ring (bicyclic) bond motifs is 1. The van der Waals surface area contributed by atoms with Crippen molar-refractivity contribution in [1.29, 1.82) is 0 Å². The molecule has 2 heterocycles. The Morgan fingerprint density at radius 2 is 1.55 bits per heavy atom. The number of carbonyl (C=O) groups is 3. The third-order valence-corrected chi connectivity index (χ3v) is 4.95. The van der Waals surface area contributed by atoms with Crippen molar-refractivity contribution in [2.45, 2.75) is 13.8 Å². The Balaban J connectivity index is 2.36. The second kappa shape index (κ2) is 8.80. The number of esters is 2. The van der Waals surface area contributed by atoms with E-state index >= 15 is 0 Å². The summed E-state index contributed by atoms with van der Waals surface area (Å²) in [6.45, 7) is 3.49. The predicted octanol–water partition coefficient (Wildman–Crippen LogP) is 4.94. The molecule has 0 unspecified atom stereocenters. The van der Waals surface area contributed by atoms with Gasteiger partial charge in [-0.05, 0) is 50.2 Å². The van der Waals surface area contributed by atoms with Gasteiger partial charge in [0.2, 0.25) is 5.78 Å². The lowest BCUT2D eigenvalue weighted by Gasteiger charge is -2.07. The monoisotopic (exact) mass is 477 g/mol. The highest BCUT2D eigenvalue weighted by molar-refractivity contribution is 9.10. The summed E-state index contributed by atoms with van der Waals surface area (Å²) < 4.78 is 12.6. The zero-order valence-corrected chi connectivity index (χ0v) is 18.0. The SMILES string of the molecule is CCOC(=O)c1c(C(=O)OCC)c2cc(Cl)ccn2c1C(=O)c1ccc(Br)cc1. The van der Waals surface area contributed by atoms with Gasteiger partial charge >= 0.3 is 11.9 Å². The molecule has 1 aromatic carbocycles. The van der Waals surface area contributed by atoms with Crippen molar-refractivity contribution in [3.8, 4) is 0 Å². The average molecular weight is 479 g/mol. The Hall–Kier alpha value is -2.64. The fourth-order valence-corrected chi connectivity index (χ4v) is 3.43. The average Bonchev–Trinajstić information content (AvgIpc) is 3.02. The van der Waals surface area contributed by atoms with Gasteiger partial charge in [-0.3, -0.25) is 4.79 Å². The molecule has 0 radical (unpaired) electrons. The number of aromatic nitrogens is 1. The Morgan fingerprint density at radius 3 is 2.14 bits per heavy atom. The summed E-state index contributed by atoms with van der Waals surface area (Å²) in [6.07, 6.45) is 1.54. The molecule has 0 atom stereocenters. The number of hydrogen-bond acceptors (Lipinski definition) is 5. The molecule has 0 saturated heterocycles. The Bertz CT molecular complexity index is 1100. The second-order valence-electron chi connectivity index (χ2n) is 5.98. The summed E-state index contributed by atoms with van der Waals surface area (Å²) in [7, 11) is 0. The molecule has 0 fully saturated rings. The van der Waals surface area contributed by atoms with Crippen LogP contribution in [-0.4, -0.2) is 35.3 Å². The molecule has 0 bridgehead atoms. The van der Waals surface area contributed by atoms with E-state index in [9.17, 15) is 14.4 Å². The first-order chi connectivity index (χ1) is 13.9. The number of ether oxygens (including phenoxy) is 2. The molecule has 0 aliphatic rings. The van der Waals surface area contributed by atoms with Crippen LogP contribution in [0.4, 0.5) is 0 Å². The third-order valence-electron chi connectivity index (χ3n) is 4.18. The molecular formula is C21H17BrClNO5. The number of hydrogen-bond donors (Lipinski definition) is 0. The zero-order valence-electron chi connectivity index (χ0n) is 15.7. The van der Waals surface area contributed by atoms with Crippen molar-refractivity contribution in [3.05, 3.63) is 74.5 Å². The zero-order chi connectivity index (χ0) is 21.1. The number of pyridine rings is 1. The fourth-order valence-electron chi connectivity index (χ4n) is 3.00. The normalized spacial score (nSPS) is 10.8. The smallest absolute Gasteiger partial charge is 0.341 e. The molecule has 150 valence electrons. The van der Waals surface area contributed by atoms with E-state index in [0.29, 0.717) is 16.1 Å². The van der Waals surface area contributed by atoms with Crippen LogP contribution in [0.3, 0.4) is 0 Å². The van der Waals surface area contributed by atoms with Crippen LogP contribution in [0.2, 0.25) is 5.02 Å². The minimum Gasteiger partial charge on any atom is -0.462 e. The summed E-state index contributed by atoms with van der Waals surface area (Å²) in [5, 5.41) is 0.346. The lowest BCUT2D eigenvalue weighted by molar-refractivity contribution is 0.0480. The number of nitrogens with zero attached hydrogens (tertiary/aromatic N) is 1. The lowest BCUT2D eigenvalue weighted by Crippen LogP contribution is -2.16. The molecule has 3 rings (SSSR count). The van der Waals surface area contributed by atoms with Crippen LogP contribution in [0.1, 0.15) is 50.6 Å². The first kappa shape index (κ1) is 21.1. The standard InChI is InChI=1S/C21H17BrClNO5/c1-3-28-20(26)16-15-11-14(23)9-10-24(15)18(17(16)21(27)29-4-2)19(25)12-5-7-13(22)8-6-12/h5-11H,3-4H2,1-2H3. The van der Waals surface area contributed by atoms with Crippen molar-refractivity contribution in [1.82, 2.24) is 4.40 Å². The maximum Gasteiger partial charge on any atom is 0.341 e. The third kappa shape index (κ3) is 4.06. The van der Waals surface area contributed by atoms with Gasteiger partial charge in [0.1, 0.15) is 16.8 Å². The summed E-state index contributed by atoms with van der Waals surface area (Å²) in [6, 6.07) is 9.76. The molecule has 0 amide bonds. The van der Waals surface area contributed by atoms with E-state index in [1.165, 1.54) is 16.7 Å². The number of ketones is 1. The van der Waals surface area contributed by atoms with Gasteiger partial charge < -0.3 is 13.9 Å². The topological polar surface area (TPSA) is 74.1 Å². The van der Waals surface area contributed by atoms with Gasteiger partial charge in [-0.2, -0.15) is 0 Å². The van der Waals surface area contributed by atoms with Crippen molar-refractivity contribution < 1.29 is 23.9 Å². The highest BCUT2D eigenvalue weighted by Gasteiger charge is 2.33. The fraction of sp³-hybridized carbons (Fsp3) is 0.190. The van der Waals surface area contributed by atoms with Crippen LogP contribution in [-0.2, 0) is 9.47 Å². The summed E-state index contributed by atoms with van der Waals surface area (Å²) >= 11 is 9.45. The molecular weight excluding hydrogens is 462 g/mol. The Morgan fingerprint density at radius 1 is 0.966 bits per heavy atom. The first-order valence-electron chi connectivity index (χ1n) is 8.87. The molecule has 0 aliphatic carbocycles. The quantitative estimate of drug-likeness (QED) is 0.371. The number of benzene rings is 1. The van der Waals surface area contributed by atoms with Crippen LogP contribution >= 0.6 is 27.5 Å². The highest BCUT2D eigenvalue weighted by Crippen LogP contribution is 2.30. The van der Waals surface area contributed by atoms with Gasteiger partial charge in [0, 0.05) is 21.3 Å². The van der Waals surface area contributed by atoms with Crippen LogP contribution < -0.4 is 0 Å². The molecule has 0 saturated carbocycles. The van der Waals surface area contributed by atoms with Crippen LogP contribution in [0.15, 0.2) is 47.1 Å². The molecule has 0 spiro atoms. The number of rotatable bonds is 6. The number of carbonyl (C=O) groups excluding carboxylic acids is 3. The Labute approximate surface area is 180 Å². The van der Waals surface area contributed by atoms with Crippen molar-refractivity contribution >= 4 is 50.8 Å². The van der Waals surface area contributed by atoms with Gasteiger partial charge in [-0.15, -0.1) is 0 Å². The van der Waals surface area contributed by atoms with E-state index in [-0.39, 0.29) is 30.0 Å². The first-order valence-corrected chi connectivity index (χ1v) is 10.0. The molecule has 0 N–H and O–H groups in total. The minimum atomic E-state index is -0.782. The van der Waals surface area contributed by atoms with Gasteiger partial charge in [-0.1, -0.05) is 27.5 Å². The van der Waals surface area contributed by atoms with E-state index in [1.807, 2.05) is 0 Å². The lowest BCUT2D eigenvalue weighted by atomic mass is 10.0. The van der Waals surface area contributed by atoms with Crippen LogP contribution in [0.25, 0.3) is 5.52 Å². The molecule has 6 nitrogen and oxygen atoms in total. The number of halogens is 2. The largest absolute Gasteiger partial charge is 0.462 e. The highest BCUT2D eigenvalue weighted by atomic mass is 79.9. The van der Waals surface area contributed by atoms with Gasteiger partial charge in [0.25, 0.3) is 0 Å². The van der Waals surface area contributed by atoms with Gasteiger partial charge in [0.15, 0.2) is 0 Å². The molecule has 8 heteroatoms. The predicted molar refractivity (Wildman–Crippen MR) is 112 cm³/mol. The summed E-state index contributed by atoms with van der Waals surface area (Å²) in [5.41, 5.74) is 0.470. The van der Waals surface area contributed by atoms with E-state index in [0.717, 1.165) is 4.47 Å². The molecule has 29 heavy (non-hydrogen) atoms. The van der Waals surface area contributed by atoms with E-state index in [4.69, 9.17) is 21.1 Å². The van der Waals surface area contributed by atoms with E-state index < -0.39 is 17.7 Å². The van der Waals surface area contributed by atoms with E-state index in [2.05, 4.69) is 15.9 Å². The molecule has 3 aromatic rings. The maximum atomic E-state index is 13.4. The second-order valence-corrected chi connectivity index (χ2v) is 7.33. The van der Waals surface area contributed by atoms with Crippen LogP contribution in [0.5, 0.6) is 0 Å². The maximum absolute atomic E-state index is 13.4.